The van der Waals surface area contributed by atoms with Gasteiger partial charge in [-0.1, -0.05) is 0 Å². The van der Waals surface area contributed by atoms with Crippen LogP contribution in [0.4, 0.5) is 11.4 Å². The third kappa shape index (κ3) is 3.14. The maximum atomic E-state index is 5.75. The number of ether oxygens (including phenoxy) is 1. The summed E-state index contributed by atoms with van der Waals surface area (Å²) in [5.74, 6) is 0.713. The molecule has 0 spiro atoms. The van der Waals surface area contributed by atoms with E-state index in [1.54, 1.807) is 18.4 Å². The Labute approximate surface area is 105 Å². The van der Waals surface area contributed by atoms with Gasteiger partial charge in [-0.15, -0.1) is 0 Å². The third-order valence-electron chi connectivity index (χ3n) is 2.56. The second-order valence-corrected chi connectivity index (χ2v) is 4.55. The number of hydrogen-bond donors (Lipinski definition) is 2. The summed E-state index contributed by atoms with van der Waals surface area (Å²) in [5, 5.41) is 7.62. The molecule has 0 unspecified atom stereocenters. The lowest BCUT2D eigenvalue weighted by Crippen LogP contribution is -2.04. The largest absolute Gasteiger partial charge is 0.495 e. The van der Waals surface area contributed by atoms with E-state index >= 15 is 0 Å². The molecule has 0 amide bonds. The molecular weight excluding hydrogens is 232 g/mol. The Balaban J connectivity index is 1.90. The highest BCUT2D eigenvalue weighted by Gasteiger charge is 2.00. The van der Waals surface area contributed by atoms with Crippen LogP contribution in [0.3, 0.4) is 0 Å². The highest BCUT2D eigenvalue weighted by molar-refractivity contribution is 7.07. The van der Waals surface area contributed by atoms with Crippen molar-refractivity contribution in [3.8, 4) is 5.75 Å². The van der Waals surface area contributed by atoms with Gasteiger partial charge in [0.25, 0.3) is 0 Å². The molecule has 0 atom stereocenters. The van der Waals surface area contributed by atoms with Crippen molar-refractivity contribution in [3.05, 3.63) is 40.6 Å². The average molecular weight is 248 g/mol. The molecule has 0 bridgehead atoms. The van der Waals surface area contributed by atoms with Crippen LogP contribution in [-0.2, 0) is 6.42 Å². The molecule has 3 N–H and O–H groups in total. The second kappa shape index (κ2) is 5.59. The first-order valence-electron chi connectivity index (χ1n) is 5.48. The van der Waals surface area contributed by atoms with Crippen molar-refractivity contribution in [2.75, 3.05) is 24.7 Å². The van der Waals surface area contributed by atoms with Crippen molar-refractivity contribution in [1.29, 1.82) is 0 Å². The summed E-state index contributed by atoms with van der Waals surface area (Å²) in [4.78, 5) is 0. The topological polar surface area (TPSA) is 47.3 Å². The van der Waals surface area contributed by atoms with Gasteiger partial charge in [0, 0.05) is 18.3 Å². The van der Waals surface area contributed by atoms with E-state index in [2.05, 4.69) is 22.1 Å². The van der Waals surface area contributed by atoms with Crippen molar-refractivity contribution >= 4 is 22.7 Å². The Morgan fingerprint density at radius 3 is 2.94 bits per heavy atom. The van der Waals surface area contributed by atoms with Gasteiger partial charge in [-0.05, 0) is 40.9 Å². The van der Waals surface area contributed by atoms with Crippen LogP contribution in [-0.4, -0.2) is 13.7 Å². The van der Waals surface area contributed by atoms with Gasteiger partial charge in [0.15, 0.2) is 0 Å². The first-order chi connectivity index (χ1) is 8.29. The lowest BCUT2D eigenvalue weighted by molar-refractivity contribution is 0.417. The predicted molar refractivity (Wildman–Crippen MR) is 73.9 cm³/mol. The molecule has 1 aromatic heterocycles. The summed E-state index contributed by atoms with van der Waals surface area (Å²) in [5.41, 5.74) is 8.82. The van der Waals surface area contributed by atoms with Gasteiger partial charge in [0.05, 0.1) is 12.8 Å². The molecule has 90 valence electrons. The molecular formula is C13H16N2OS. The minimum absolute atomic E-state index is 0.663. The van der Waals surface area contributed by atoms with E-state index in [0.29, 0.717) is 11.4 Å². The maximum absolute atomic E-state index is 5.75. The van der Waals surface area contributed by atoms with Crippen LogP contribution in [0.1, 0.15) is 5.56 Å². The van der Waals surface area contributed by atoms with Crippen LogP contribution in [0.5, 0.6) is 5.75 Å². The van der Waals surface area contributed by atoms with E-state index in [1.165, 1.54) is 5.56 Å². The van der Waals surface area contributed by atoms with Gasteiger partial charge in [0.1, 0.15) is 5.75 Å². The lowest BCUT2D eigenvalue weighted by Gasteiger charge is -2.09. The van der Waals surface area contributed by atoms with Crippen molar-refractivity contribution in [2.45, 2.75) is 6.42 Å². The van der Waals surface area contributed by atoms with Crippen molar-refractivity contribution in [3.63, 3.8) is 0 Å². The summed E-state index contributed by atoms with van der Waals surface area (Å²) in [7, 11) is 1.63. The van der Waals surface area contributed by atoms with E-state index < -0.39 is 0 Å². The smallest absolute Gasteiger partial charge is 0.143 e. The average Bonchev–Trinajstić information content (AvgIpc) is 2.84. The molecule has 0 aliphatic heterocycles. The zero-order chi connectivity index (χ0) is 12.1. The summed E-state index contributed by atoms with van der Waals surface area (Å²) in [6.45, 7) is 0.907. The zero-order valence-corrected chi connectivity index (χ0v) is 10.6. The van der Waals surface area contributed by atoms with Gasteiger partial charge in [0.2, 0.25) is 0 Å². The fourth-order valence-corrected chi connectivity index (χ4v) is 2.31. The van der Waals surface area contributed by atoms with Gasteiger partial charge >= 0.3 is 0 Å². The fraction of sp³-hybridized carbons (Fsp3) is 0.231. The van der Waals surface area contributed by atoms with Crippen LogP contribution < -0.4 is 15.8 Å². The Hall–Kier alpha value is -1.68. The summed E-state index contributed by atoms with van der Waals surface area (Å²) in [6.07, 6.45) is 1.02. The van der Waals surface area contributed by atoms with Crippen molar-refractivity contribution < 1.29 is 4.74 Å². The van der Waals surface area contributed by atoms with Gasteiger partial charge in [-0.2, -0.15) is 11.3 Å². The van der Waals surface area contributed by atoms with Crippen LogP contribution in [0.15, 0.2) is 35.0 Å². The molecule has 1 aromatic carbocycles. The van der Waals surface area contributed by atoms with Gasteiger partial charge < -0.3 is 15.8 Å². The number of rotatable bonds is 5. The monoisotopic (exact) mass is 248 g/mol. The molecule has 3 nitrogen and oxygen atoms in total. The normalized spacial score (nSPS) is 10.2. The number of anilines is 2. The van der Waals surface area contributed by atoms with Gasteiger partial charge in [-0.3, -0.25) is 0 Å². The molecule has 2 rings (SSSR count). The van der Waals surface area contributed by atoms with Crippen LogP contribution in [0.25, 0.3) is 0 Å². The lowest BCUT2D eigenvalue weighted by atomic mass is 10.2. The summed E-state index contributed by atoms with van der Waals surface area (Å²) in [6, 6.07) is 7.89. The number of thiophene rings is 1. The van der Waals surface area contributed by atoms with Gasteiger partial charge in [-0.25, -0.2) is 0 Å². The quantitative estimate of drug-likeness (QED) is 0.800. The molecule has 1 heterocycles. The number of methoxy groups -OCH3 is 1. The van der Waals surface area contributed by atoms with E-state index in [9.17, 15) is 0 Å². The Morgan fingerprint density at radius 1 is 1.35 bits per heavy atom. The van der Waals surface area contributed by atoms with Crippen LogP contribution >= 0.6 is 11.3 Å². The first-order valence-corrected chi connectivity index (χ1v) is 6.42. The number of nitrogens with two attached hydrogens (primary N) is 1. The van der Waals surface area contributed by atoms with Crippen molar-refractivity contribution in [2.24, 2.45) is 0 Å². The Kier molecular flexibility index (Phi) is 3.88. The molecule has 17 heavy (non-hydrogen) atoms. The van der Waals surface area contributed by atoms with E-state index in [0.717, 1.165) is 18.7 Å². The number of benzene rings is 1. The molecule has 0 saturated heterocycles. The molecule has 0 saturated carbocycles. The van der Waals surface area contributed by atoms with Crippen molar-refractivity contribution in [1.82, 2.24) is 0 Å². The number of hydrogen-bond acceptors (Lipinski definition) is 4. The third-order valence-corrected chi connectivity index (χ3v) is 3.29. The SMILES string of the molecule is COc1cc(NCCc2ccsc2)ccc1N. The van der Waals surface area contributed by atoms with E-state index in [4.69, 9.17) is 10.5 Å². The Bertz CT molecular complexity index is 468. The highest BCUT2D eigenvalue weighted by Crippen LogP contribution is 2.24. The molecule has 4 heteroatoms. The zero-order valence-electron chi connectivity index (χ0n) is 9.77. The minimum atomic E-state index is 0.663. The highest BCUT2D eigenvalue weighted by atomic mass is 32.1. The molecule has 0 fully saturated rings. The van der Waals surface area contributed by atoms with E-state index in [1.807, 2.05) is 18.2 Å². The maximum Gasteiger partial charge on any atom is 0.143 e. The molecule has 0 aliphatic rings. The number of nitrogen functional groups attached to an aromatic ring is 1. The molecule has 2 aromatic rings. The first kappa shape index (κ1) is 11.8. The number of nitrogens with one attached hydrogen (secondary N) is 1. The molecule has 0 radical (unpaired) electrons. The minimum Gasteiger partial charge on any atom is -0.495 e. The molecule has 0 aliphatic carbocycles. The van der Waals surface area contributed by atoms with E-state index in [-0.39, 0.29) is 0 Å². The summed E-state index contributed by atoms with van der Waals surface area (Å²) < 4.78 is 5.17. The fourth-order valence-electron chi connectivity index (χ4n) is 1.61. The van der Waals surface area contributed by atoms with Crippen LogP contribution in [0, 0.1) is 0 Å². The Morgan fingerprint density at radius 2 is 2.24 bits per heavy atom. The standard InChI is InChI=1S/C13H16N2OS/c1-16-13-8-11(2-3-12(13)14)15-6-4-10-5-7-17-9-10/h2-3,5,7-9,15H,4,6,14H2,1H3. The predicted octanol–water partition coefficient (Wildman–Crippen LogP) is 2.99. The second-order valence-electron chi connectivity index (χ2n) is 3.77. The summed E-state index contributed by atoms with van der Waals surface area (Å²) >= 11 is 1.73. The van der Waals surface area contributed by atoms with Crippen LogP contribution in [0.2, 0.25) is 0 Å².